The van der Waals surface area contributed by atoms with Gasteiger partial charge < -0.3 is 10.5 Å². The third kappa shape index (κ3) is 3.02. The fraction of sp³-hybridized carbons (Fsp3) is 0.182. The van der Waals surface area contributed by atoms with Gasteiger partial charge in [0.2, 0.25) is 5.13 Å². The molecule has 1 heterocycles. The van der Waals surface area contributed by atoms with E-state index >= 15 is 0 Å². The molecule has 0 radical (unpaired) electrons. The molecule has 6 nitrogen and oxygen atoms in total. The first-order valence-corrected chi connectivity index (χ1v) is 5.99. The van der Waals surface area contributed by atoms with Gasteiger partial charge >= 0.3 is 0 Å². The molecule has 0 aliphatic rings. The van der Waals surface area contributed by atoms with Gasteiger partial charge in [-0.2, -0.15) is 0 Å². The van der Waals surface area contributed by atoms with Crippen molar-refractivity contribution in [2.45, 2.75) is 0 Å². The van der Waals surface area contributed by atoms with E-state index in [0.717, 1.165) is 10.6 Å². The van der Waals surface area contributed by atoms with E-state index in [4.69, 9.17) is 10.5 Å². The molecule has 0 spiro atoms. The molecule has 1 aromatic carbocycles. The van der Waals surface area contributed by atoms with Crippen molar-refractivity contribution in [2.75, 3.05) is 24.8 Å². The number of aromatic nitrogens is 2. The zero-order valence-electron chi connectivity index (χ0n) is 9.71. The van der Waals surface area contributed by atoms with Crippen molar-refractivity contribution >= 4 is 28.1 Å². The van der Waals surface area contributed by atoms with Crippen LogP contribution in [0.2, 0.25) is 0 Å². The van der Waals surface area contributed by atoms with Crippen LogP contribution in [0.3, 0.4) is 0 Å². The minimum atomic E-state index is -0.252. The van der Waals surface area contributed by atoms with Gasteiger partial charge in [0.1, 0.15) is 11.6 Å². The maximum absolute atomic E-state index is 11.3. The van der Waals surface area contributed by atoms with E-state index in [1.807, 2.05) is 12.1 Å². The standard InChI is InChI=1S/C11H12N4O2S/c1-17-6-9(16)13-11-15-14-10(18-11)7-2-4-8(12)5-3-7/h2-5H,6,12H2,1H3,(H,13,15,16). The first-order valence-electron chi connectivity index (χ1n) is 5.17. The van der Waals surface area contributed by atoms with Crippen molar-refractivity contribution in [1.29, 1.82) is 0 Å². The fourth-order valence-electron chi connectivity index (χ4n) is 1.30. The van der Waals surface area contributed by atoms with Crippen LogP contribution in [-0.4, -0.2) is 29.8 Å². The predicted molar refractivity (Wildman–Crippen MR) is 70.3 cm³/mol. The Hall–Kier alpha value is -1.99. The minimum absolute atomic E-state index is 0.00319. The Morgan fingerprint density at radius 3 is 2.78 bits per heavy atom. The number of amides is 1. The zero-order chi connectivity index (χ0) is 13.0. The number of anilines is 2. The van der Waals surface area contributed by atoms with Crippen molar-refractivity contribution in [1.82, 2.24) is 10.2 Å². The number of benzene rings is 1. The number of nitrogen functional groups attached to an aromatic ring is 1. The van der Waals surface area contributed by atoms with Crippen LogP contribution in [-0.2, 0) is 9.53 Å². The van der Waals surface area contributed by atoms with Crippen LogP contribution in [0.15, 0.2) is 24.3 Å². The second-order valence-electron chi connectivity index (χ2n) is 3.52. The SMILES string of the molecule is COCC(=O)Nc1nnc(-c2ccc(N)cc2)s1. The molecule has 0 bridgehead atoms. The normalized spacial score (nSPS) is 10.3. The number of hydrogen-bond donors (Lipinski definition) is 2. The Morgan fingerprint density at radius 2 is 2.11 bits per heavy atom. The number of ether oxygens (including phenoxy) is 1. The van der Waals surface area contributed by atoms with Gasteiger partial charge in [0.15, 0.2) is 0 Å². The van der Waals surface area contributed by atoms with Crippen molar-refractivity contribution in [3.63, 3.8) is 0 Å². The van der Waals surface area contributed by atoms with Gasteiger partial charge in [-0.15, -0.1) is 10.2 Å². The van der Waals surface area contributed by atoms with E-state index in [-0.39, 0.29) is 12.5 Å². The Balaban J connectivity index is 2.10. The smallest absolute Gasteiger partial charge is 0.252 e. The molecular weight excluding hydrogens is 252 g/mol. The summed E-state index contributed by atoms with van der Waals surface area (Å²) in [4.78, 5) is 11.3. The van der Waals surface area contributed by atoms with Gasteiger partial charge in [-0.05, 0) is 24.3 Å². The fourth-order valence-corrected chi connectivity index (χ4v) is 2.07. The van der Waals surface area contributed by atoms with Crippen LogP contribution >= 0.6 is 11.3 Å². The number of rotatable bonds is 4. The first kappa shape index (κ1) is 12.5. The lowest BCUT2D eigenvalue weighted by molar-refractivity contribution is -0.119. The third-order valence-corrected chi connectivity index (χ3v) is 2.99. The summed E-state index contributed by atoms with van der Waals surface area (Å²) in [5, 5.41) is 11.7. The molecule has 0 unspecified atom stereocenters. The lowest BCUT2D eigenvalue weighted by Gasteiger charge is -1.98. The number of nitrogens with zero attached hydrogens (tertiary/aromatic N) is 2. The Labute approximate surface area is 108 Å². The molecule has 0 atom stereocenters. The maximum atomic E-state index is 11.3. The molecule has 0 saturated heterocycles. The van der Waals surface area contributed by atoms with Crippen LogP contribution in [0.1, 0.15) is 0 Å². The number of carbonyl (C=O) groups excluding carboxylic acids is 1. The van der Waals surface area contributed by atoms with Crippen LogP contribution in [0, 0.1) is 0 Å². The number of nitrogens with one attached hydrogen (secondary N) is 1. The monoisotopic (exact) mass is 264 g/mol. The van der Waals surface area contributed by atoms with Crippen LogP contribution in [0.25, 0.3) is 10.6 Å². The summed E-state index contributed by atoms with van der Waals surface area (Å²) in [6.45, 7) is -0.00319. The molecule has 0 aliphatic carbocycles. The molecular formula is C11H12N4O2S. The lowest BCUT2D eigenvalue weighted by atomic mass is 10.2. The quantitative estimate of drug-likeness (QED) is 0.814. The summed E-state index contributed by atoms with van der Waals surface area (Å²) in [6, 6.07) is 7.30. The molecule has 3 N–H and O–H groups in total. The van der Waals surface area contributed by atoms with Crippen molar-refractivity contribution in [3.05, 3.63) is 24.3 Å². The van der Waals surface area contributed by atoms with Crippen LogP contribution < -0.4 is 11.1 Å². The average Bonchev–Trinajstić information content (AvgIpc) is 2.78. The average molecular weight is 264 g/mol. The lowest BCUT2D eigenvalue weighted by Crippen LogP contribution is -2.16. The first-order chi connectivity index (χ1) is 8.69. The van der Waals surface area contributed by atoms with E-state index in [1.165, 1.54) is 18.4 Å². The maximum Gasteiger partial charge on any atom is 0.252 e. The van der Waals surface area contributed by atoms with Gasteiger partial charge in [0.25, 0.3) is 5.91 Å². The molecule has 2 rings (SSSR count). The number of carbonyl (C=O) groups is 1. The molecule has 18 heavy (non-hydrogen) atoms. The Kier molecular flexibility index (Phi) is 3.85. The summed E-state index contributed by atoms with van der Waals surface area (Å²) >= 11 is 1.30. The highest BCUT2D eigenvalue weighted by Gasteiger charge is 2.09. The second kappa shape index (κ2) is 5.56. The van der Waals surface area contributed by atoms with Gasteiger partial charge in [0.05, 0.1) is 0 Å². The van der Waals surface area contributed by atoms with Gasteiger partial charge in [-0.25, -0.2) is 0 Å². The number of methoxy groups -OCH3 is 1. The van der Waals surface area contributed by atoms with Crippen LogP contribution in [0.5, 0.6) is 0 Å². The molecule has 0 fully saturated rings. The molecule has 0 aliphatic heterocycles. The summed E-state index contributed by atoms with van der Waals surface area (Å²) in [6.07, 6.45) is 0. The highest BCUT2D eigenvalue weighted by Crippen LogP contribution is 2.26. The highest BCUT2D eigenvalue weighted by atomic mass is 32.1. The largest absolute Gasteiger partial charge is 0.399 e. The zero-order valence-corrected chi connectivity index (χ0v) is 10.5. The molecule has 0 saturated carbocycles. The summed E-state index contributed by atoms with van der Waals surface area (Å²) < 4.78 is 4.71. The van der Waals surface area contributed by atoms with Crippen LogP contribution in [0.4, 0.5) is 10.8 Å². The molecule has 1 amide bonds. The minimum Gasteiger partial charge on any atom is -0.399 e. The highest BCUT2D eigenvalue weighted by molar-refractivity contribution is 7.18. The van der Waals surface area contributed by atoms with Crippen molar-refractivity contribution in [3.8, 4) is 10.6 Å². The number of hydrogen-bond acceptors (Lipinski definition) is 6. The topological polar surface area (TPSA) is 90.1 Å². The molecule has 2 aromatic rings. The predicted octanol–water partition coefficient (Wildman–Crippen LogP) is 1.37. The van der Waals surface area contributed by atoms with Gasteiger partial charge in [-0.3, -0.25) is 10.1 Å². The van der Waals surface area contributed by atoms with Gasteiger partial charge in [-0.1, -0.05) is 11.3 Å². The van der Waals surface area contributed by atoms with Crippen molar-refractivity contribution < 1.29 is 9.53 Å². The Morgan fingerprint density at radius 1 is 1.39 bits per heavy atom. The summed E-state index contributed by atoms with van der Waals surface area (Å²) in [5.74, 6) is -0.252. The van der Waals surface area contributed by atoms with E-state index in [9.17, 15) is 4.79 Å². The van der Waals surface area contributed by atoms with E-state index in [0.29, 0.717) is 10.8 Å². The van der Waals surface area contributed by atoms with E-state index in [2.05, 4.69) is 15.5 Å². The molecule has 7 heteroatoms. The second-order valence-corrected chi connectivity index (χ2v) is 4.49. The van der Waals surface area contributed by atoms with Crippen molar-refractivity contribution in [2.24, 2.45) is 0 Å². The molecule has 1 aromatic heterocycles. The van der Waals surface area contributed by atoms with Gasteiger partial charge in [0, 0.05) is 18.4 Å². The molecule has 94 valence electrons. The van der Waals surface area contributed by atoms with E-state index < -0.39 is 0 Å². The number of nitrogens with two attached hydrogens (primary N) is 1. The Bertz CT molecular complexity index is 538. The van der Waals surface area contributed by atoms with E-state index in [1.54, 1.807) is 12.1 Å². The summed E-state index contributed by atoms with van der Waals surface area (Å²) in [7, 11) is 1.46. The third-order valence-electron chi connectivity index (χ3n) is 2.10. The summed E-state index contributed by atoms with van der Waals surface area (Å²) in [5.41, 5.74) is 7.21.